The van der Waals surface area contributed by atoms with E-state index in [2.05, 4.69) is 5.32 Å². The van der Waals surface area contributed by atoms with Crippen LogP contribution < -0.4 is 5.32 Å². The van der Waals surface area contributed by atoms with Crippen LogP contribution in [-0.2, 0) is 14.8 Å². The summed E-state index contributed by atoms with van der Waals surface area (Å²) in [5, 5.41) is 3.97. The molecule has 2 unspecified atom stereocenters. The van der Waals surface area contributed by atoms with E-state index in [1.165, 1.54) is 4.31 Å². The fraction of sp³-hybridized carbons (Fsp3) is 0.588. The number of amides is 1. The van der Waals surface area contributed by atoms with Crippen LogP contribution >= 0.6 is 23.2 Å². The molecule has 1 aliphatic rings. The van der Waals surface area contributed by atoms with E-state index in [0.717, 1.165) is 5.56 Å². The number of carbonyl (C=O) groups is 1. The number of sulfonamides is 1. The highest BCUT2D eigenvalue weighted by atomic mass is 35.5. The second-order valence-corrected chi connectivity index (χ2v) is 9.22. The fourth-order valence-electron chi connectivity index (χ4n) is 3.17. The number of nitrogens with one attached hydrogen (secondary N) is 1. The van der Waals surface area contributed by atoms with Crippen LogP contribution in [0.4, 0.5) is 0 Å². The highest BCUT2D eigenvalue weighted by molar-refractivity contribution is 7.89. The van der Waals surface area contributed by atoms with E-state index in [4.69, 9.17) is 23.2 Å². The van der Waals surface area contributed by atoms with E-state index in [9.17, 15) is 13.2 Å². The summed E-state index contributed by atoms with van der Waals surface area (Å²) in [4.78, 5) is 12.5. The Labute approximate surface area is 159 Å². The first-order chi connectivity index (χ1) is 11.8. The summed E-state index contributed by atoms with van der Waals surface area (Å²) < 4.78 is 26.0. The molecule has 1 saturated heterocycles. The Morgan fingerprint density at radius 1 is 1.36 bits per heavy atom. The molecule has 1 amide bonds. The molecule has 0 aliphatic carbocycles. The van der Waals surface area contributed by atoms with Gasteiger partial charge in [-0.05, 0) is 37.0 Å². The number of halogens is 2. The topological polar surface area (TPSA) is 66.5 Å². The lowest BCUT2D eigenvalue weighted by Crippen LogP contribution is -2.47. The van der Waals surface area contributed by atoms with Gasteiger partial charge in [-0.15, -0.1) is 0 Å². The zero-order chi connectivity index (χ0) is 18.6. The molecule has 1 fully saturated rings. The molecule has 1 N–H and O–H groups in total. The fourth-order valence-corrected chi connectivity index (χ4v) is 5.68. The van der Waals surface area contributed by atoms with E-state index in [-0.39, 0.29) is 17.6 Å². The van der Waals surface area contributed by atoms with Crippen LogP contribution in [0.15, 0.2) is 18.2 Å². The molecule has 8 heteroatoms. The predicted octanol–water partition coefficient (Wildman–Crippen LogP) is 3.42. The zero-order valence-electron chi connectivity index (χ0n) is 14.5. The minimum Gasteiger partial charge on any atom is -0.354 e. The first-order valence-electron chi connectivity index (χ1n) is 8.49. The van der Waals surface area contributed by atoms with Crippen LogP contribution in [0, 0.1) is 0 Å². The van der Waals surface area contributed by atoms with Gasteiger partial charge in [-0.2, -0.15) is 4.31 Å². The first-order valence-corrected chi connectivity index (χ1v) is 10.9. The molecule has 2 rings (SSSR count). The summed E-state index contributed by atoms with van der Waals surface area (Å²) in [7, 11) is -3.38. The van der Waals surface area contributed by atoms with Crippen molar-refractivity contribution < 1.29 is 13.2 Å². The first kappa shape index (κ1) is 20.5. The minimum absolute atomic E-state index is 0.0718. The molecule has 0 bridgehead atoms. The lowest BCUT2D eigenvalue weighted by Gasteiger charge is -2.24. The maximum atomic E-state index is 12.5. The van der Waals surface area contributed by atoms with Crippen molar-refractivity contribution in [3.63, 3.8) is 0 Å². The molecule has 0 spiro atoms. The monoisotopic (exact) mass is 406 g/mol. The van der Waals surface area contributed by atoms with Crippen molar-refractivity contribution in [3.8, 4) is 0 Å². The van der Waals surface area contributed by atoms with Crippen molar-refractivity contribution in [2.75, 3.05) is 18.8 Å². The van der Waals surface area contributed by atoms with Gasteiger partial charge in [0.1, 0.15) is 6.04 Å². The van der Waals surface area contributed by atoms with Crippen LogP contribution in [0.3, 0.4) is 0 Å². The molecule has 1 aromatic rings. The number of nitrogens with zero attached hydrogens (tertiary/aromatic N) is 1. The van der Waals surface area contributed by atoms with Crippen molar-refractivity contribution in [2.45, 2.75) is 45.1 Å². The molecule has 1 heterocycles. The average molecular weight is 407 g/mol. The van der Waals surface area contributed by atoms with Crippen LogP contribution in [0.25, 0.3) is 0 Å². The lowest BCUT2D eigenvalue weighted by molar-refractivity contribution is -0.124. The van der Waals surface area contributed by atoms with Crippen molar-refractivity contribution in [3.05, 3.63) is 33.8 Å². The molecule has 0 saturated carbocycles. The van der Waals surface area contributed by atoms with E-state index >= 15 is 0 Å². The Morgan fingerprint density at radius 3 is 2.60 bits per heavy atom. The third-order valence-electron chi connectivity index (χ3n) is 4.40. The molecule has 1 aliphatic heterocycles. The second-order valence-electron chi connectivity index (χ2n) is 6.37. The molecule has 25 heavy (non-hydrogen) atoms. The maximum Gasteiger partial charge on any atom is 0.238 e. The number of hydrogen-bond donors (Lipinski definition) is 1. The van der Waals surface area contributed by atoms with Crippen molar-refractivity contribution in [1.82, 2.24) is 9.62 Å². The molecule has 2 atom stereocenters. The predicted molar refractivity (Wildman–Crippen MR) is 102 cm³/mol. The standard InChI is InChI=1S/C17H24Cl2N2O3S/c1-3-10-25(23,24)21-9-5-8-15(21)17(22)20-11-12(2)16-13(18)6-4-7-14(16)19/h4,6-7,12,15H,3,5,8-11H2,1-2H3,(H,20,22). The van der Waals surface area contributed by atoms with Gasteiger partial charge in [0, 0.05) is 29.1 Å². The summed E-state index contributed by atoms with van der Waals surface area (Å²) in [5.74, 6) is -0.262. The Hall–Kier alpha value is -0.820. The molecule has 5 nitrogen and oxygen atoms in total. The Morgan fingerprint density at radius 2 is 2.00 bits per heavy atom. The largest absolute Gasteiger partial charge is 0.354 e. The Bertz CT molecular complexity index is 704. The normalized spacial score (nSPS) is 19.8. The van der Waals surface area contributed by atoms with E-state index < -0.39 is 16.1 Å². The number of benzene rings is 1. The summed E-state index contributed by atoms with van der Waals surface area (Å²) >= 11 is 12.4. The molecule has 0 radical (unpaired) electrons. The molecular weight excluding hydrogens is 383 g/mol. The summed E-state index contributed by atoms with van der Waals surface area (Å²) in [6, 6.07) is 4.67. The quantitative estimate of drug-likeness (QED) is 0.753. The van der Waals surface area contributed by atoms with Crippen molar-refractivity contribution in [2.24, 2.45) is 0 Å². The van der Waals surface area contributed by atoms with Gasteiger partial charge in [0.15, 0.2) is 0 Å². The SMILES string of the molecule is CCCS(=O)(=O)N1CCCC1C(=O)NCC(C)c1c(Cl)cccc1Cl. The van der Waals surface area contributed by atoms with Crippen LogP contribution in [0.5, 0.6) is 0 Å². The van der Waals surface area contributed by atoms with Gasteiger partial charge in [0.2, 0.25) is 15.9 Å². The van der Waals surface area contributed by atoms with Gasteiger partial charge in [-0.3, -0.25) is 4.79 Å². The third-order valence-corrected chi connectivity index (χ3v) is 7.14. The zero-order valence-corrected chi connectivity index (χ0v) is 16.8. The lowest BCUT2D eigenvalue weighted by atomic mass is 10.0. The molecule has 140 valence electrons. The smallest absolute Gasteiger partial charge is 0.238 e. The Balaban J connectivity index is 2.02. The van der Waals surface area contributed by atoms with Gasteiger partial charge >= 0.3 is 0 Å². The number of rotatable bonds is 7. The van der Waals surface area contributed by atoms with Crippen LogP contribution in [-0.4, -0.2) is 43.5 Å². The van der Waals surface area contributed by atoms with E-state index in [1.807, 2.05) is 13.8 Å². The Kier molecular flexibility index (Phi) is 7.14. The average Bonchev–Trinajstić information content (AvgIpc) is 3.03. The van der Waals surface area contributed by atoms with Gasteiger partial charge in [-0.25, -0.2) is 8.42 Å². The number of hydrogen-bond acceptors (Lipinski definition) is 3. The van der Waals surface area contributed by atoms with E-state index in [1.54, 1.807) is 18.2 Å². The summed E-state index contributed by atoms with van der Waals surface area (Å²) in [6.45, 7) is 4.50. The van der Waals surface area contributed by atoms with Gasteiger partial charge in [-0.1, -0.05) is 43.1 Å². The summed E-state index contributed by atoms with van der Waals surface area (Å²) in [6.07, 6.45) is 1.79. The van der Waals surface area contributed by atoms with Crippen molar-refractivity contribution in [1.29, 1.82) is 0 Å². The highest BCUT2D eigenvalue weighted by Crippen LogP contribution is 2.31. The highest BCUT2D eigenvalue weighted by Gasteiger charge is 2.38. The number of carbonyl (C=O) groups excluding carboxylic acids is 1. The second kappa shape index (κ2) is 8.71. The van der Waals surface area contributed by atoms with Crippen LogP contribution in [0.2, 0.25) is 10.0 Å². The molecule has 1 aromatic carbocycles. The molecule has 0 aromatic heterocycles. The maximum absolute atomic E-state index is 12.5. The van der Waals surface area contributed by atoms with Crippen LogP contribution in [0.1, 0.15) is 44.6 Å². The van der Waals surface area contributed by atoms with E-state index in [0.29, 0.717) is 42.4 Å². The summed E-state index contributed by atoms with van der Waals surface area (Å²) in [5.41, 5.74) is 0.785. The van der Waals surface area contributed by atoms with Crippen molar-refractivity contribution >= 4 is 39.1 Å². The third kappa shape index (κ3) is 4.88. The van der Waals surface area contributed by atoms with Gasteiger partial charge < -0.3 is 5.32 Å². The minimum atomic E-state index is -3.38. The van der Waals surface area contributed by atoms with Gasteiger partial charge in [0.25, 0.3) is 0 Å². The molecular formula is C17H24Cl2N2O3S. The van der Waals surface area contributed by atoms with Gasteiger partial charge in [0.05, 0.1) is 5.75 Å².